The van der Waals surface area contributed by atoms with Crippen molar-refractivity contribution in [3.8, 4) is 5.75 Å². The van der Waals surface area contributed by atoms with Crippen molar-refractivity contribution in [3.05, 3.63) is 59.9 Å². The van der Waals surface area contributed by atoms with Crippen molar-refractivity contribution < 1.29 is 27.1 Å². The molecule has 0 aliphatic heterocycles. The van der Waals surface area contributed by atoms with Gasteiger partial charge in [0.15, 0.2) is 0 Å². The van der Waals surface area contributed by atoms with Gasteiger partial charge in [-0.15, -0.1) is 0 Å². The Balaban J connectivity index is 1.92. The highest BCUT2D eigenvalue weighted by Crippen LogP contribution is 2.22. The molecule has 1 N–H and O–H groups in total. The zero-order valence-electron chi connectivity index (χ0n) is 20.9. The van der Waals surface area contributed by atoms with Crippen LogP contribution in [0.3, 0.4) is 0 Å². The van der Waals surface area contributed by atoms with Crippen LogP contribution < -0.4 is 14.4 Å². The van der Waals surface area contributed by atoms with Crippen LogP contribution in [-0.4, -0.2) is 57.1 Å². The third kappa shape index (κ3) is 7.19. The van der Waals surface area contributed by atoms with Crippen LogP contribution in [0.2, 0.25) is 0 Å². The first-order valence-electron chi connectivity index (χ1n) is 12.1. The number of nitrogens with one attached hydrogen (secondary N) is 1. The minimum Gasteiger partial charge on any atom is -0.497 e. The van der Waals surface area contributed by atoms with Crippen LogP contribution in [0.4, 0.5) is 10.1 Å². The zero-order valence-corrected chi connectivity index (χ0v) is 21.8. The molecule has 3 rings (SSSR count). The van der Waals surface area contributed by atoms with E-state index >= 15 is 0 Å². The highest BCUT2D eigenvalue weighted by Gasteiger charge is 2.33. The van der Waals surface area contributed by atoms with Crippen molar-refractivity contribution in [2.24, 2.45) is 0 Å². The summed E-state index contributed by atoms with van der Waals surface area (Å²) in [6, 6.07) is 11.3. The zero-order chi connectivity index (χ0) is 26.3. The van der Waals surface area contributed by atoms with Crippen LogP contribution in [0.25, 0.3) is 0 Å². The molecule has 36 heavy (non-hydrogen) atoms. The minimum absolute atomic E-state index is 0.0760. The summed E-state index contributed by atoms with van der Waals surface area (Å²) in [5, 5.41) is 3.06. The van der Waals surface area contributed by atoms with Crippen LogP contribution in [-0.2, 0) is 26.2 Å². The van der Waals surface area contributed by atoms with E-state index in [1.54, 1.807) is 25.3 Å². The first-order valence-corrected chi connectivity index (χ1v) is 13.9. The quantitative estimate of drug-likeness (QED) is 0.491. The van der Waals surface area contributed by atoms with E-state index in [0.717, 1.165) is 53.9 Å². The lowest BCUT2D eigenvalue weighted by atomic mass is 10.1. The average molecular weight is 520 g/mol. The molecule has 0 radical (unpaired) electrons. The first kappa shape index (κ1) is 27.4. The first-order chi connectivity index (χ1) is 17.1. The van der Waals surface area contributed by atoms with Gasteiger partial charge in [-0.05, 0) is 61.2 Å². The summed E-state index contributed by atoms with van der Waals surface area (Å²) < 4.78 is 44.8. The Morgan fingerprint density at radius 2 is 1.81 bits per heavy atom. The van der Waals surface area contributed by atoms with Gasteiger partial charge in [0.1, 0.15) is 24.2 Å². The number of ether oxygens (including phenoxy) is 1. The Morgan fingerprint density at radius 1 is 1.14 bits per heavy atom. The van der Waals surface area contributed by atoms with E-state index in [-0.39, 0.29) is 24.2 Å². The summed E-state index contributed by atoms with van der Waals surface area (Å²) in [6.45, 7) is 1.38. The van der Waals surface area contributed by atoms with Gasteiger partial charge in [0.2, 0.25) is 21.8 Å². The van der Waals surface area contributed by atoms with Crippen molar-refractivity contribution in [2.75, 3.05) is 24.2 Å². The fourth-order valence-corrected chi connectivity index (χ4v) is 5.33. The third-order valence-corrected chi connectivity index (χ3v) is 7.51. The number of hydrogen-bond acceptors (Lipinski definition) is 5. The van der Waals surface area contributed by atoms with Gasteiger partial charge in [-0.2, -0.15) is 0 Å². The Hall–Kier alpha value is -3.14. The summed E-state index contributed by atoms with van der Waals surface area (Å²) >= 11 is 0. The summed E-state index contributed by atoms with van der Waals surface area (Å²) in [4.78, 5) is 28.4. The van der Waals surface area contributed by atoms with Gasteiger partial charge in [-0.3, -0.25) is 13.9 Å². The van der Waals surface area contributed by atoms with Gasteiger partial charge in [-0.1, -0.05) is 31.9 Å². The highest BCUT2D eigenvalue weighted by molar-refractivity contribution is 7.92. The Kier molecular flexibility index (Phi) is 9.31. The van der Waals surface area contributed by atoms with Gasteiger partial charge < -0.3 is 15.0 Å². The number of hydrogen-bond donors (Lipinski definition) is 1. The van der Waals surface area contributed by atoms with E-state index in [4.69, 9.17) is 4.74 Å². The van der Waals surface area contributed by atoms with Crippen LogP contribution in [0, 0.1) is 5.82 Å². The number of anilines is 1. The molecule has 2 amide bonds. The van der Waals surface area contributed by atoms with Crippen molar-refractivity contribution in [1.29, 1.82) is 0 Å². The van der Waals surface area contributed by atoms with E-state index in [2.05, 4.69) is 5.32 Å². The molecule has 1 saturated carbocycles. The van der Waals surface area contributed by atoms with E-state index in [1.165, 1.54) is 17.0 Å². The second kappa shape index (κ2) is 12.2. The maximum atomic E-state index is 13.7. The van der Waals surface area contributed by atoms with E-state index < -0.39 is 34.3 Å². The molecule has 2 aromatic carbocycles. The highest BCUT2D eigenvalue weighted by atomic mass is 32.2. The van der Waals surface area contributed by atoms with Crippen molar-refractivity contribution in [3.63, 3.8) is 0 Å². The lowest BCUT2D eigenvalue weighted by Crippen LogP contribution is -2.53. The molecule has 1 unspecified atom stereocenters. The number of halogens is 1. The minimum atomic E-state index is -3.87. The predicted octanol–water partition coefficient (Wildman–Crippen LogP) is 3.47. The maximum Gasteiger partial charge on any atom is 0.244 e. The Labute approximate surface area is 212 Å². The van der Waals surface area contributed by atoms with Crippen LogP contribution in [0.5, 0.6) is 5.75 Å². The van der Waals surface area contributed by atoms with Crippen LogP contribution >= 0.6 is 0 Å². The number of sulfonamides is 1. The normalized spacial score (nSPS) is 14.8. The molecule has 2 aromatic rings. The molecule has 0 heterocycles. The smallest absolute Gasteiger partial charge is 0.244 e. The molecular formula is C26H34FN3O5S. The molecule has 1 fully saturated rings. The van der Waals surface area contributed by atoms with Crippen molar-refractivity contribution in [1.82, 2.24) is 10.2 Å². The number of carbonyl (C=O) groups excluding carboxylic acids is 2. The topological polar surface area (TPSA) is 96.0 Å². The summed E-state index contributed by atoms with van der Waals surface area (Å²) in [6.07, 6.45) is 5.24. The fourth-order valence-electron chi connectivity index (χ4n) is 4.48. The largest absolute Gasteiger partial charge is 0.497 e. The summed E-state index contributed by atoms with van der Waals surface area (Å²) in [7, 11) is -2.33. The van der Waals surface area contributed by atoms with Gasteiger partial charge in [0, 0.05) is 12.6 Å². The predicted molar refractivity (Wildman–Crippen MR) is 137 cm³/mol. The SMILES string of the molecule is CCC(C(=O)NC1CCCC1)N(Cc1cccc(OC)c1)C(=O)CN(c1ccc(F)cc1)S(C)(=O)=O. The van der Waals surface area contributed by atoms with Gasteiger partial charge >= 0.3 is 0 Å². The molecular weight excluding hydrogens is 485 g/mol. The second-order valence-corrected chi connectivity index (χ2v) is 10.9. The van der Waals surface area contributed by atoms with Crippen molar-refractivity contribution in [2.45, 2.75) is 57.7 Å². The lowest BCUT2D eigenvalue weighted by Gasteiger charge is -2.33. The molecule has 1 atom stereocenters. The van der Waals surface area contributed by atoms with Gasteiger partial charge in [0.25, 0.3) is 0 Å². The van der Waals surface area contributed by atoms with E-state index in [1.807, 2.05) is 13.0 Å². The number of rotatable bonds is 11. The number of benzene rings is 2. The number of nitrogens with zero attached hydrogens (tertiary/aromatic N) is 2. The van der Waals surface area contributed by atoms with Crippen LogP contribution in [0.1, 0.15) is 44.6 Å². The molecule has 0 spiro atoms. The Bertz CT molecular complexity index is 1150. The second-order valence-electron chi connectivity index (χ2n) is 9.03. The number of methoxy groups -OCH3 is 1. The number of carbonyl (C=O) groups is 2. The van der Waals surface area contributed by atoms with E-state index in [9.17, 15) is 22.4 Å². The monoisotopic (exact) mass is 519 g/mol. The Morgan fingerprint density at radius 3 is 2.39 bits per heavy atom. The average Bonchev–Trinajstić information content (AvgIpc) is 3.35. The molecule has 8 nitrogen and oxygen atoms in total. The summed E-state index contributed by atoms with van der Waals surface area (Å²) in [5.74, 6) is -0.713. The molecule has 1 aliphatic rings. The lowest BCUT2D eigenvalue weighted by molar-refractivity contribution is -0.140. The van der Waals surface area contributed by atoms with Gasteiger partial charge in [-0.25, -0.2) is 12.8 Å². The maximum absolute atomic E-state index is 13.7. The third-order valence-electron chi connectivity index (χ3n) is 6.37. The molecule has 196 valence electrons. The molecule has 0 saturated heterocycles. The number of amides is 2. The van der Waals surface area contributed by atoms with Crippen LogP contribution in [0.15, 0.2) is 48.5 Å². The summed E-state index contributed by atoms with van der Waals surface area (Å²) in [5.41, 5.74) is 0.902. The molecule has 1 aliphatic carbocycles. The van der Waals surface area contributed by atoms with Gasteiger partial charge in [0.05, 0.1) is 19.1 Å². The van der Waals surface area contributed by atoms with Crippen molar-refractivity contribution >= 4 is 27.5 Å². The fraction of sp³-hybridized carbons (Fsp3) is 0.462. The van der Waals surface area contributed by atoms with E-state index in [0.29, 0.717) is 12.2 Å². The molecule has 0 bridgehead atoms. The standard InChI is InChI=1S/C26H34FN3O5S/c1-4-24(26(32)28-21-9-5-6-10-21)29(17-19-8-7-11-23(16-19)35-2)25(31)18-30(36(3,33)34)22-14-12-20(27)13-15-22/h7-8,11-16,21,24H,4-6,9-10,17-18H2,1-3H3,(H,28,32). The molecule has 10 heteroatoms. The molecule has 0 aromatic heterocycles.